The van der Waals surface area contributed by atoms with Crippen LogP contribution in [0.1, 0.15) is 82.4 Å². The maximum absolute atomic E-state index is 14.5. The number of aryl methyl sites for hydroxylation is 1. The molecule has 1 aliphatic carbocycles. The Labute approximate surface area is 320 Å². The number of carbonyl (C=O) groups is 5. The molecule has 2 fully saturated rings. The van der Waals surface area contributed by atoms with Gasteiger partial charge in [-0.25, -0.2) is 27.1 Å². The number of benzene rings is 2. The van der Waals surface area contributed by atoms with Crippen LogP contribution in [0, 0.1) is 18.7 Å². The van der Waals surface area contributed by atoms with Gasteiger partial charge in [-0.2, -0.15) is 0 Å². The summed E-state index contributed by atoms with van der Waals surface area (Å²) < 4.78 is 54.7. The van der Waals surface area contributed by atoms with E-state index >= 15 is 0 Å². The van der Waals surface area contributed by atoms with E-state index in [4.69, 9.17) is 9.47 Å². The standard InChI is InChI=1S/C39H48FN5O9S/c1-24-13-10-11-18-32(24)55(51,52)43-35(48)39-20-26(39)15-8-6-5-7-9-17-30(41-36(49)54-38(2,3)4)34(47)45-22-27(19-31(45)33(46)42-39)53-37(50)44-21-25-14-12-16-29(40)28(25)23-44/h8,10-16,18,26-27,30-31H,5-7,9,17,19-23H2,1-4H3,(H,41,49)(H,42,46)(H,43,48)/b15-8-. The molecule has 0 aromatic heterocycles. The zero-order valence-corrected chi connectivity index (χ0v) is 32.2. The Morgan fingerprint density at radius 3 is 2.51 bits per heavy atom. The Bertz CT molecular complexity index is 2000. The van der Waals surface area contributed by atoms with Crippen LogP contribution in [0.2, 0.25) is 0 Å². The first-order valence-electron chi connectivity index (χ1n) is 18.6. The number of fused-ring (bicyclic) bond motifs is 3. The summed E-state index contributed by atoms with van der Waals surface area (Å²) in [6.45, 7) is 6.56. The fourth-order valence-corrected chi connectivity index (χ4v) is 8.75. The molecule has 1 saturated heterocycles. The number of hydrogen-bond donors (Lipinski definition) is 3. The summed E-state index contributed by atoms with van der Waals surface area (Å²) in [6.07, 6.45) is 3.95. The fraction of sp³-hybridized carbons (Fsp3) is 0.513. The summed E-state index contributed by atoms with van der Waals surface area (Å²) in [5, 5.41) is 5.45. The fourth-order valence-electron chi connectivity index (χ4n) is 7.47. The van der Waals surface area contributed by atoms with Crippen LogP contribution in [0.15, 0.2) is 59.5 Å². The molecule has 14 nitrogen and oxygen atoms in total. The number of hydrogen-bond acceptors (Lipinski definition) is 9. The minimum atomic E-state index is -4.32. The molecule has 2 aromatic carbocycles. The number of alkyl carbamates (subject to hydrolysis) is 1. The summed E-state index contributed by atoms with van der Waals surface area (Å²) in [4.78, 5) is 71.5. The minimum Gasteiger partial charge on any atom is -0.444 e. The van der Waals surface area contributed by atoms with Crippen molar-refractivity contribution >= 4 is 39.9 Å². The summed E-state index contributed by atoms with van der Waals surface area (Å²) in [7, 11) is -4.32. The molecule has 0 spiro atoms. The molecule has 55 heavy (non-hydrogen) atoms. The van der Waals surface area contributed by atoms with Crippen molar-refractivity contribution in [3.63, 3.8) is 0 Å². The van der Waals surface area contributed by atoms with E-state index in [-0.39, 0.29) is 43.8 Å². The highest BCUT2D eigenvalue weighted by molar-refractivity contribution is 7.90. The third-order valence-electron chi connectivity index (χ3n) is 10.4. The van der Waals surface area contributed by atoms with Crippen LogP contribution >= 0.6 is 0 Å². The third-order valence-corrected chi connectivity index (χ3v) is 11.9. The molecule has 3 heterocycles. The van der Waals surface area contributed by atoms with Gasteiger partial charge in [0.2, 0.25) is 11.8 Å². The van der Waals surface area contributed by atoms with Crippen molar-refractivity contribution in [1.82, 2.24) is 25.2 Å². The molecule has 2 aromatic rings. The number of nitrogens with zero attached hydrogens (tertiary/aromatic N) is 2. The van der Waals surface area contributed by atoms with Crippen LogP contribution in [-0.2, 0) is 47.0 Å². The zero-order chi connectivity index (χ0) is 39.7. The van der Waals surface area contributed by atoms with Crippen LogP contribution in [0.25, 0.3) is 0 Å². The van der Waals surface area contributed by atoms with Gasteiger partial charge in [0, 0.05) is 24.4 Å². The molecule has 5 amide bonds. The van der Waals surface area contributed by atoms with Crippen LogP contribution in [0.3, 0.4) is 0 Å². The molecular weight excluding hydrogens is 734 g/mol. The molecule has 5 atom stereocenters. The summed E-state index contributed by atoms with van der Waals surface area (Å²) in [6, 6.07) is 8.42. The van der Waals surface area contributed by atoms with Gasteiger partial charge in [0.15, 0.2) is 0 Å². The van der Waals surface area contributed by atoms with Crippen molar-refractivity contribution in [2.45, 2.75) is 120 Å². The zero-order valence-electron chi connectivity index (χ0n) is 31.4. The molecule has 5 unspecified atom stereocenters. The summed E-state index contributed by atoms with van der Waals surface area (Å²) in [5.74, 6) is -3.27. The number of rotatable bonds is 5. The van der Waals surface area contributed by atoms with Crippen LogP contribution < -0.4 is 15.4 Å². The van der Waals surface area contributed by atoms with Crippen molar-refractivity contribution in [2.24, 2.45) is 5.92 Å². The van der Waals surface area contributed by atoms with Crippen molar-refractivity contribution in [3.05, 3.63) is 77.1 Å². The number of carbonyl (C=O) groups excluding carboxylic acids is 5. The lowest BCUT2D eigenvalue weighted by molar-refractivity contribution is -0.141. The van der Waals surface area contributed by atoms with Crippen LogP contribution in [0.4, 0.5) is 14.0 Å². The quantitative estimate of drug-likeness (QED) is 0.372. The van der Waals surface area contributed by atoms with Gasteiger partial charge in [-0.15, -0.1) is 0 Å². The SMILES string of the molecule is Cc1ccccc1S(=O)(=O)NC(=O)C12CC1/C=C\CCCCCC(NC(=O)OC(C)(C)C)C(=O)N1CC(OC(=O)N3Cc4cccc(F)c4C3)CC1C(=O)N2. The number of sulfonamides is 1. The normalized spacial score (nSPS) is 26.3. The van der Waals surface area contributed by atoms with Crippen molar-refractivity contribution in [3.8, 4) is 0 Å². The summed E-state index contributed by atoms with van der Waals surface area (Å²) in [5.41, 5.74) is -1.05. The molecule has 3 N–H and O–H groups in total. The van der Waals surface area contributed by atoms with E-state index in [1.165, 1.54) is 21.9 Å². The van der Waals surface area contributed by atoms with E-state index in [1.54, 1.807) is 64.1 Å². The third kappa shape index (κ3) is 8.95. The number of allylic oxidation sites excluding steroid dienone is 1. The average molecular weight is 782 g/mol. The lowest BCUT2D eigenvalue weighted by atomic mass is 10.0. The van der Waals surface area contributed by atoms with E-state index in [1.807, 2.05) is 6.08 Å². The highest BCUT2D eigenvalue weighted by Gasteiger charge is 2.62. The molecular formula is C39H48FN5O9S. The van der Waals surface area contributed by atoms with Crippen molar-refractivity contribution < 1.29 is 46.3 Å². The highest BCUT2D eigenvalue weighted by Crippen LogP contribution is 2.46. The predicted octanol–water partition coefficient (Wildman–Crippen LogP) is 4.35. The maximum atomic E-state index is 14.5. The van der Waals surface area contributed by atoms with E-state index in [0.29, 0.717) is 36.0 Å². The number of amides is 5. The van der Waals surface area contributed by atoms with E-state index in [0.717, 1.165) is 6.42 Å². The largest absolute Gasteiger partial charge is 0.444 e. The topological polar surface area (TPSA) is 181 Å². The Morgan fingerprint density at radius 2 is 1.78 bits per heavy atom. The first-order chi connectivity index (χ1) is 26.0. The first kappa shape index (κ1) is 39.7. The van der Waals surface area contributed by atoms with Gasteiger partial charge >= 0.3 is 12.2 Å². The van der Waals surface area contributed by atoms with Gasteiger partial charge < -0.3 is 25.0 Å². The second-order valence-electron chi connectivity index (χ2n) is 15.7. The van der Waals surface area contributed by atoms with Gasteiger partial charge in [0.1, 0.15) is 35.1 Å². The Hall–Kier alpha value is -4.99. The second-order valence-corrected chi connectivity index (χ2v) is 17.4. The van der Waals surface area contributed by atoms with Crippen LogP contribution in [-0.4, -0.2) is 84.0 Å². The lowest BCUT2D eigenvalue weighted by Gasteiger charge is -2.30. The Kier molecular flexibility index (Phi) is 11.3. The molecule has 1 saturated carbocycles. The Balaban J connectivity index is 1.27. The Morgan fingerprint density at radius 1 is 1.02 bits per heavy atom. The van der Waals surface area contributed by atoms with Gasteiger partial charge in [-0.3, -0.25) is 19.3 Å². The molecule has 296 valence electrons. The molecule has 4 aliphatic rings. The minimum absolute atomic E-state index is 0.0139. The average Bonchev–Trinajstić information content (AvgIpc) is 3.40. The van der Waals surface area contributed by atoms with E-state index < -0.39 is 81.0 Å². The molecule has 0 bridgehead atoms. The van der Waals surface area contributed by atoms with Gasteiger partial charge in [0.05, 0.1) is 18.0 Å². The number of ether oxygens (including phenoxy) is 2. The van der Waals surface area contributed by atoms with Crippen molar-refractivity contribution in [2.75, 3.05) is 6.54 Å². The van der Waals surface area contributed by atoms with Gasteiger partial charge in [0.25, 0.3) is 15.9 Å². The first-order valence-corrected chi connectivity index (χ1v) is 20.1. The van der Waals surface area contributed by atoms with E-state index in [2.05, 4.69) is 15.4 Å². The predicted molar refractivity (Wildman–Crippen MR) is 197 cm³/mol. The summed E-state index contributed by atoms with van der Waals surface area (Å²) >= 11 is 0. The molecule has 0 radical (unpaired) electrons. The molecule has 6 rings (SSSR count). The highest BCUT2D eigenvalue weighted by atomic mass is 32.2. The maximum Gasteiger partial charge on any atom is 0.410 e. The monoisotopic (exact) mass is 781 g/mol. The molecule has 3 aliphatic heterocycles. The van der Waals surface area contributed by atoms with Crippen LogP contribution in [0.5, 0.6) is 0 Å². The van der Waals surface area contributed by atoms with Gasteiger partial charge in [-0.1, -0.05) is 55.3 Å². The van der Waals surface area contributed by atoms with Gasteiger partial charge in [-0.05, 0) is 76.6 Å². The number of nitrogens with one attached hydrogen (secondary N) is 3. The van der Waals surface area contributed by atoms with E-state index in [9.17, 15) is 36.8 Å². The molecule has 16 heteroatoms. The van der Waals surface area contributed by atoms with Crippen molar-refractivity contribution in [1.29, 1.82) is 0 Å². The second kappa shape index (κ2) is 15.6. The lowest BCUT2D eigenvalue weighted by Crippen LogP contribution is -2.58. The smallest absolute Gasteiger partial charge is 0.410 e. The number of halogens is 1.